The van der Waals surface area contributed by atoms with Gasteiger partial charge in [0.2, 0.25) is 15.9 Å². The van der Waals surface area contributed by atoms with E-state index in [0.717, 1.165) is 10.5 Å². The van der Waals surface area contributed by atoms with Crippen LogP contribution in [0.15, 0.2) is 72.1 Å². The average molecular weight is 486 g/mol. The Morgan fingerprint density at radius 1 is 1.12 bits per heavy atom. The van der Waals surface area contributed by atoms with E-state index in [-0.39, 0.29) is 17.3 Å². The maximum atomic E-state index is 13.7. The molecule has 1 fully saturated rings. The molecule has 2 aromatic carbocycles. The number of sulfonamides is 1. The molecule has 3 rings (SSSR count). The van der Waals surface area contributed by atoms with Crippen molar-refractivity contribution in [1.29, 1.82) is 0 Å². The van der Waals surface area contributed by atoms with E-state index in [9.17, 15) is 23.1 Å². The zero-order valence-electron chi connectivity index (χ0n) is 19.9. The molecule has 1 atom stereocenters. The summed E-state index contributed by atoms with van der Waals surface area (Å²) in [5, 5.41) is 12.6. The van der Waals surface area contributed by atoms with Gasteiger partial charge in [-0.05, 0) is 70.0 Å². The molecule has 1 unspecified atom stereocenters. The van der Waals surface area contributed by atoms with Crippen molar-refractivity contribution in [3.63, 3.8) is 0 Å². The fraction of sp³-hybridized carbons (Fsp3) is 0.360. The van der Waals surface area contributed by atoms with E-state index in [2.05, 4.69) is 11.9 Å². The van der Waals surface area contributed by atoms with E-state index < -0.39 is 33.2 Å². The maximum absolute atomic E-state index is 13.7. The van der Waals surface area contributed by atoms with Gasteiger partial charge in [0.05, 0.1) is 17.0 Å². The van der Waals surface area contributed by atoms with Gasteiger partial charge in [-0.15, -0.1) is 0 Å². The third-order valence-electron chi connectivity index (χ3n) is 6.23. The molecule has 0 saturated carbocycles. The van der Waals surface area contributed by atoms with Crippen molar-refractivity contribution in [2.24, 2.45) is 0 Å². The van der Waals surface area contributed by atoms with Crippen LogP contribution in [0, 0.1) is 0 Å². The quantitative estimate of drug-likeness (QED) is 0.577. The topological polar surface area (TPSA) is 107 Å². The minimum atomic E-state index is -3.96. The van der Waals surface area contributed by atoms with Gasteiger partial charge in [-0.25, -0.2) is 13.2 Å². The van der Waals surface area contributed by atoms with Crippen LogP contribution in [0.3, 0.4) is 0 Å². The van der Waals surface area contributed by atoms with Gasteiger partial charge < -0.3 is 10.4 Å². The van der Waals surface area contributed by atoms with Crippen LogP contribution in [0.5, 0.6) is 0 Å². The Bertz CT molecular complexity index is 1170. The lowest BCUT2D eigenvalue weighted by Crippen LogP contribution is -2.56. The number of anilines is 1. The summed E-state index contributed by atoms with van der Waals surface area (Å²) in [4.78, 5) is 25.0. The smallest absolute Gasteiger partial charge is 0.412 e. The molecular weight excluding hydrogens is 454 g/mol. The fourth-order valence-corrected chi connectivity index (χ4v) is 6.95. The van der Waals surface area contributed by atoms with E-state index in [4.69, 9.17) is 0 Å². The Morgan fingerprint density at radius 3 is 2.24 bits per heavy atom. The van der Waals surface area contributed by atoms with Gasteiger partial charge in [0, 0.05) is 17.3 Å². The highest BCUT2D eigenvalue weighted by atomic mass is 32.2. The number of amides is 2. The summed E-state index contributed by atoms with van der Waals surface area (Å²) in [6.07, 6.45) is 0.464. The third-order valence-corrected chi connectivity index (χ3v) is 8.55. The molecule has 8 nitrogen and oxygen atoms in total. The van der Waals surface area contributed by atoms with Gasteiger partial charge >= 0.3 is 6.09 Å². The van der Waals surface area contributed by atoms with Crippen LogP contribution < -0.4 is 10.2 Å². The van der Waals surface area contributed by atoms with Crippen molar-refractivity contribution in [2.75, 3.05) is 4.90 Å². The summed E-state index contributed by atoms with van der Waals surface area (Å²) in [7, 11) is -3.96. The first-order valence-corrected chi connectivity index (χ1v) is 12.4. The van der Waals surface area contributed by atoms with Crippen molar-refractivity contribution in [3.05, 3.63) is 72.8 Å². The molecule has 9 heteroatoms. The summed E-state index contributed by atoms with van der Waals surface area (Å²) in [5.74, 6) is -0.357. The first kappa shape index (κ1) is 25.5. The minimum Gasteiger partial charge on any atom is -0.465 e. The zero-order valence-corrected chi connectivity index (χ0v) is 20.7. The van der Waals surface area contributed by atoms with Crippen LogP contribution in [0.25, 0.3) is 0 Å². The van der Waals surface area contributed by atoms with Gasteiger partial charge in [-0.1, -0.05) is 36.9 Å². The van der Waals surface area contributed by atoms with Crippen LogP contribution in [-0.4, -0.2) is 46.9 Å². The highest BCUT2D eigenvalue weighted by molar-refractivity contribution is 7.89. The molecule has 1 saturated heterocycles. The lowest BCUT2D eigenvalue weighted by Gasteiger charge is -2.40. The summed E-state index contributed by atoms with van der Waals surface area (Å²) < 4.78 is 28.9. The molecule has 2 N–H and O–H groups in total. The Kier molecular flexibility index (Phi) is 6.91. The highest BCUT2D eigenvalue weighted by Gasteiger charge is 2.57. The SMILES string of the molecule is C=CC(=O)NC1CC(C)(C)N(S(=O)(=O)c2ccc(N(Cc3ccccc3)C(=O)O)cc2)C1(C)C. The molecule has 1 heterocycles. The van der Waals surface area contributed by atoms with Crippen molar-refractivity contribution in [2.45, 2.75) is 62.7 Å². The van der Waals surface area contributed by atoms with E-state index in [1.54, 1.807) is 13.8 Å². The molecule has 34 heavy (non-hydrogen) atoms. The number of benzene rings is 2. The third kappa shape index (κ3) is 4.85. The molecule has 2 aromatic rings. The van der Waals surface area contributed by atoms with Crippen LogP contribution in [0.1, 0.15) is 39.7 Å². The Balaban J connectivity index is 1.92. The molecule has 0 spiro atoms. The van der Waals surface area contributed by atoms with Crippen molar-refractivity contribution < 1.29 is 23.1 Å². The standard InChI is InChI=1S/C25H31N3O5S/c1-6-22(29)26-21-16-24(2,3)28(25(21,4)5)34(32,33)20-14-12-19(13-15-20)27(23(30)31)17-18-10-8-7-9-11-18/h6-15,21H,1,16-17H2,2-5H3,(H,26,29)(H,30,31). The lowest BCUT2D eigenvalue weighted by atomic mass is 9.94. The number of carboxylic acid groups (broad SMARTS) is 1. The number of carbonyl (C=O) groups is 2. The van der Waals surface area contributed by atoms with Gasteiger partial charge in [0.25, 0.3) is 0 Å². The number of rotatable bonds is 7. The number of hydrogen-bond acceptors (Lipinski definition) is 4. The molecule has 182 valence electrons. The summed E-state index contributed by atoms with van der Waals surface area (Å²) in [6, 6.07) is 14.6. The first-order chi connectivity index (χ1) is 15.8. The predicted molar refractivity (Wildman–Crippen MR) is 131 cm³/mol. The highest BCUT2D eigenvalue weighted by Crippen LogP contribution is 2.45. The Hall–Kier alpha value is -3.17. The number of nitrogens with zero attached hydrogens (tertiary/aromatic N) is 2. The van der Waals surface area contributed by atoms with Crippen molar-refractivity contribution in [1.82, 2.24) is 9.62 Å². The number of hydrogen-bond donors (Lipinski definition) is 2. The molecule has 0 aliphatic carbocycles. The summed E-state index contributed by atoms with van der Waals surface area (Å²) in [5.41, 5.74) is -0.484. The monoisotopic (exact) mass is 485 g/mol. The van der Waals surface area contributed by atoms with Crippen LogP contribution in [0.4, 0.5) is 10.5 Å². The second-order valence-electron chi connectivity index (χ2n) is 9.55. The largest absolute Gasteiger partial charge is 0.465 e. The fourth-order valence-electron chi connectivity index (χ4n) is 4.79. The second-order valence-corrected chi connectivity index (χ2v) is 11.3. The van der Waals surface area contributed by atoms with Gasteiger partial charge in [-0.3, -0.25) is 9.69 Å². The maximum Gasteiger partial charge on any atom is 0.412 e. The molecule has 0 bridgehead atoms. The Morgan fingerprint density at radius 2 is 1.71 bits per heavy atom. The van der Waals surface area contributed by atoms with Crippen LogP contribution in [0.2, 0.25) is 0 Å². The van der Waals surface area contributed by atoms with E-state index in [1.807, 2.05) is 44.2 Å². The van der Waals surface area contributed by atoms with Gasteiger partial charge in [0.1, 0.15) is 0 Å². The van der Waals surface area contributed by atoms with E-state index in [0.29, 0.717) is 12.1 Å². The first-order valence-electron chi connectivity index (χ1n) is 10.9. The van der Waals surface area contributed by atoms with Gasteiger partial charge in [-0.2, -0.15) is 4.31 Å². The molecular formula is C25H31N3O5S. The zero-order chi connectivity index (χ0) is 25.3. The van der Waals surface area contributed by atoms with Crippen molar-refractivity contribution >= 4 is 27.7 Å². The molecule has 1 aliphatic heterocycles. The van der Waals surface area contributed by atoms with Gasteiger partial charge in [0.15, 0.2) is 0 Å². The molecule has 2 amide bonds. The van der Waals surface area contributed by atoms with Crippen molar-refractivity contribution in [3.8, 4) is 0 Å². The van der Waals surface area contributed by atoms with E-state index >= 15 is 0 Å². The van der Waals surface area contributed by atoms with Crippen LogP contribution in [-0.2, 0) is 21.4 Å². The van der Waals surface area contributed by atoms with Crippen LogP contribution >= 0.6 is 0 Å². The van der Waals surface area contributed by atoms with E-state index in [1.165, 1.54) is 34.6 Å². The lowest BCUT2D eigenvalue weighted by molar-refractivity contribution is -0.117. The summed E-state index contributed by atoms with van der Waals surface area (Å²) in [6.45, 7) is 10.8. The second kappa shape index (κ2) is 9.23. The number of carbonyl (C=O) groups excluding carboxylic acids is 1. The average Bonchev–Trinajstić information content (AvgIpc) is 2.95. The normalized spacial score (nSPS) is 19.4. The minimum absolute atomic E-state index is 0.0538. The summed E-state index contributed by atoms with van der Waals surface area (Å²) >= 11 is 0. The molecule has 0 radical (unpaired) electrons. The molecule has 1 aliphatic rings. The predicted octanol–water partition coefficient (Wildman–Crippen LogP) is 3.99. The number of nitrogens with one attached hydrogen (secondary N) is 1. The molecule has 0 aromatic heterocycles. The Labute approximate surface area is 200 Å².